The molecule has 4 rings (SSSR count). The summed E-state index contributed by atoms with van der Waals surface area (Å²) in [5.41, 5.74) is 1.62. The molecule has 3 unspecified atom stereocenters. The van der Waals surface area contributed by atoms with Crippen LogP contribution < -0.4 is 0 Å². The van der Waals surface area contributed by atoms with Gasteiger partial charge in [0.1, 0.15) is 0 Å². The molecule has 7 atom stereocenters. The number of hydrogen-bond acceptors (Lipinski definition) is 2. The molecule has 4 saturated carbocycles. The maximum atomic E-state index is 10.6. The van der Waals surface area contributed by atoms with E-state index in [4.69, 9.17) is 0 Å². The predicted octanol–water partition coefficient (Wildman–Crippen LogP) is 5.61. The summed E-state index contributed by atoms with van der Waals surface area (Å²) in [7, 11) is 0. The average molecular weight is 333 g/mol. The molecular formula is C22H36O2. The second-order valence-electron chi connectivity index (χ2n) is 10.4. The maximum Gasteiger partial charge on any atom is 0.0889 e. The molecule has 4 fully saturated rings. The van der Waals surface area contributed by atoms with Crippen LogP contribution in [0.4, 0.5) is 0 Å². The Kier molecular flexibility index (Phi) is 3.71. The summed E-state index contributed by atoms with van der Waals surface area (Å²) >= 11 is 0. The van der Waals surface area contributed by atoms with Gasteiger partial charge in [0.05, 0.1) is 11.4 Å². The number of aliphatic hydroxyl groups excluding tert-OH is 1. The van der Waals surface area contributed by atoms with E-state index in [0.29, 0.717) is 17.1 Å². The molecule has 0 spiro atoms. The number of aliphatic hydroxyl groups is 2. The molecule has 0 aromatic rings. The van der Waals surface area contributed by atoms with Crippen LogP contribution in [0.5, 0.6) is 0 Å². The standard InChI is InChI=1S/C22H36O2/c1-14(23)17-7-8-18-16-6-5-15-13-20(2,24)11-12-21(15,3)19(16)9-10-22(17,18)4/h15-16,18-19,23-24H,5-13H2,1-4H3/b17-14-/t15-,16?,18?,19?,20+,21-,22+/m0/s1. The van der Waals surface area contributed by atoms with Gasteiger partial charge in [-0.25, -0.2) is 0 Å². The van der Waals surface area contributed by atoms with E-state index < -0.39 is 5.60 Å². The highest BCUT2D eigenvalue weighted by Crippen LogP contribution is 2.68. The SMILES string of the molecule is C/C(O)=C1\CCC2C3CC[C@H]4C[C@](C)(O)CC[C@]4(C)C3CC[C@]12C. The Bertz CT molecular complexity index is 558. The van der Waals surface area contributed by atoms with Crippen molar-refractivity contribution in [1.29, 1.82) is 0 Å². The summed E-state index contributed by atoms with van der Waals surface area (Å²) in [6.45, 7) is 8.94. The third kappa shape index (κ3) is 2.24. The van der Waals surface area contributed by atoms with Gasteiger partial charge in [-0.2, -0.15) is 0 Å². The van der Waals surface area contributed by atoms with E-state index in [1.54, 1.807) is 0 Å². The molecule has 24 heavy (non-hydrogen) atoms. The van der Waals surface area contributed by atoms with E-state index in [9.17, 15) is 10.2 Å². The van der Waals surface area contributed by atoms with Gasteiger partial charge in [-0.05, 0) is 112 Å². The smallest absolute Gasteiger partial charge is 0.0889 e. The summed E-state index contributed by atoms with van der Waals surface area (Å²) < 4.78 is 0. The molecule has 2 N–H and O–H groups in total. The van der Waals surface area contributed by atoms with Crippen molar-refractivity contribution in [3.63, 3.8) is 0 Å². The lowest BCUT2D eigenvalue weighted by Gasteiger charge is -2.61. The first kappa shape index (κ1) is 16.9. The van der Waals surface area contributed by atoms with Gasteiger partial charge in [0.2, 0.25) is 0 Å². The van der Waals surface area contributed by atoms with Gasteiger partial charge in [-0.3, -0.25) is 0 Å². The van der Waals surface area contributed by atoms with Crippen LogP contribution in [0, 0.1) is 34.5 Å². The molecule has 0 heterocycles. The fraction of sp³-hybridized carbons (Fsp3) is 0.909. The number of hydrogen-bond donors (Lipinski definition) is 2. The van der Waals surface area contributed by atoms with Crippen molar-refractivity contribution in [3.05, 3.63) is 11.3 Å². The van der Waals surface area contributed by atoms with Crippen molar-refractivity contribution >= 4 is 0 Å². The molecule has 0 aromatic carbocycles. The Morgan fingerprint density at radius 3 is 2.42 bits per heavy atom. The van der Waals surface area contributed by atoms with Crippen molar-refractivity contribution in [2.45, 2.75) is 91.1 Å². The summed E-state index contributed by atoms with van der Waals surface area (Å²) in [4.78, 5) is 0. The highest BCUT2D eigenvalue weighted by molar-refractivity contribution is 5.25. The monoisotopic (exact) mass is 332 g/mol. The fourth-order valence-corrected chi connectivity index (χ4v) is 7.84. The Labute approximate surface area is 147 Å². The van der Waals surface area contributed by atoms with E-state index >= 15 is 0 Å². The zero-order valence-corrected chi connectivity index (χ0v) is 16.1. The van der Waals surface area contributed by atoms with Crippen molar-refractivity contribution in [2.24, 2.45) is 34.5 Å². The van der Waals surface area contributed by atoms with Crippen LogP contribution in [0.15, 0.2) is 11.3 Å². The molecule has 0 bridgehead atoms. The van der Waals surface area contributed by atoms with Gasteiger partial charge in [0, 0.05) is 0 Å². The normalized spacial score (nSPS) is 56.2. The maximum absolute atomic E-state index is 10.6. The van der Waals surface area contributed by atoms with Crippen LogP contribution in [-0.2, 0) is 0 Å². The van der Waals surface area contributed by atoms with Gasteiger partial charge in [-0.1, -0.05) is 13.8 Å². The molecule has 0 radical (unpaired) electrons. The number of allylic oxidation sites excluding steroid dienone is 2. The van der Waals surface area contributed by atoms with Gasteiger partial charge in [0.25, 0.3) is 0 Å². The molecule has 0 aromatic heterocycles. The van der Waals surface area contributed by atoms with Crippen molar-refractivity contribution in [2.75, 3.05) is 0 Å². The van der Waals surface area contributed by atoms with Gasteiger partial charge >= 0.3 is 0 Å². The van der Waals surface area contributed by atoms with E-state index in [1.807, 2.05) is 6.92 Å². The van der Waals surface area contributed by atoms with Gasteiger partial charge in [-0.15, -0.1) is 0 Å². The van der Waals surface area contributed by atoms with Crippen LogP contribution in [0.25, 0.3) is 0 Å². The summed E-state index contributed by atoms with van der Waals surface area (Å²) in [6.07, 6.45) is 10.8. The Hall–Kier alpha value is -0.500. The molecule has 2 nitrogen and oxygen atoms in total. The third-order valence-corrected chi connectivity index (χ3v) is 9.17. The first-order valence-corrected chi connectivity index (χ1v) is 10.3. The zero-order chi connectivity index (χ0) is 17.3. The van der Waals surface area contributed by atoms with E-state index in [2.05, 4.69) is 20.8 Å². The van der Waals surface area contributed by atoms with Crippen LogP contribution in [0.1, 0.15) is 85.5 Å². The molecule has 4 aliphatic rings. The fourth-order valence-electron chi connectivity index (χ4n) is 7.84. The second-order valence-corrected chi connectivity index (χ2v) is 10.4. The largest absolute Gasteiger partial charge is 0.513 e. The highest BCUT2D eigenvalue weighted by Gasteiger charge is 2.60. The molecule has 4 aliphatic carbocycles. The van der Waals surface area contributed by atoms with Gasteiger partial charge < -0.3 is 10.2 Å². The number of fused-ring (bicyclic) bond motifs is 5. The van der Waals surface area contributed by atoms with Crippen LogP contribution in [-0.4, -0.2) is 15.8 Å². The first-order valence-electron chi connectivity index (χ1n) is 10.3. The summed E-state index contributed by atoms with van der Waals surface area (Å²) in [5, 5.41) is 20.8. The van der Waals surface area contributed by atoms with E-state index in [0.717, 1.165) is 37.0 Å². The van der Waals surface area contributed by atoms with Gasteiger partial charge in [0.15, 0.2) is 0 Å². The lowest BCUT2D eigenvalue weighted by Crippen LogP contribution is -2.55. The molecule has 0 saturated heterocycles. The van der Waals surface area contributed by atoms with E-state index in [-0.39, 0.29) is 5.41 Å². The predicted molar refractivity (Wildman–Crippen MR) is 97.7 cm³/mol. The minimum absolute atomic E-state index is 0.253. The van der Waals surface area contributed by atoms with Crippen molar-refractivity contribution in [1.82, 2.24) is 0 Å². The van der Waals surface area contributed by atoms with Crippen LogP contribution in [0.2, 0.25) is 0 Å². The summed E-state index contributed by atoms with van der Waals surface area (Å²) in [5.74, 6) is 3.76. The Balaban J connectivity index is 1.64. The van der Waals surface area contributed by atoms with Crippen LogP contribution in [0.3, 0.4) is 0 Å². The lowest BCUT2D eigenvalue weighted by atomic mass is 9.44. The Morgan fingerprint density at radius 1 is 0.958 bits per heavy atom. The third-order valence-electron chi connectivity index (χ3n) is 9.17. The molecule has 2 heteroatoms. The minimum Gasteiger partial charge on any atom is -0.513 e. The zero-order valence-electron chi connectivity index (χ0n) is 16.1. The molecule has 0 amide bonds. The summed E-state index contributed by atoms with van der Waals surface area (Å²) in [6, 6.07) is 0. The molecule has 136 valence electrons. The van der Waals surface area contributed by atoms with E-state index in [1.165, 1.54) is 44.1 Å². The number of rotatable bonds is 0. The molecular weight excluding hydrogens is 296 g/mol. The minimum atomic E-state index is -0.433. The van der Waals surface area contributed by atoms with Crippen molar-refractivity contribution in [3.8, 4) is 0 Å². The lowest BCUT2D eigenvalue weighted by molar-refractivity contribution is -0.139. The van der Waals surface area contributed by atoms with Crippen molar-refractivity contribution < 1.29 is 10.2 Å². The highest BCUT2D eigenvalue weighted by atomic mass is 16.3. The first-order chi connectivity index (χ1) is 11.2. The second kappa shape index (κ2) is 5.25. The topological polar surface area (TPSA) is 40.5 Å². The average Bonchev–Trinajstić information content (AvgIpc) is 2.85. The quantitative estimate of drug-likeness (QED) is 0.566. The van der Waals surface area contributed by atoms with Crippen LogP contribution >= 0.6 is 0 Å². The molecule has 0 aliphatic heterocycles. The Morgan fingerprint density at radius 2 is 1.71 bits per heavy atom.